The van der Waals surface area contributed by atoms with Gasteiger partial charge in [0.2, 0.25) is 0 Å². The van der Waals surface area contributed by atoms with E-state index < -0.39 is 75.0 Å². The molecule has 0 saturated heterocycles. The summed E-state index contributed by atoms with van der Waals surface area (Å²) in [7, 11) is -5.95. The lowest BCUT2D eigenvalue weighted by Crippen LogP contribution is -2.20. The van der Waals surface area contributed by atoms with Gasteiger partial charge in [0, 0.05) is 10.5 Å². The Hall–Kier alpha value is -1.33. The zero-order valence-corrected chi connectivity index (χ0v) is 24.0. The van der Waals surface area contributed by atoms with Gasteiger partial charge in [-0.3, -0.25) is 4.79 Å². The van der Waals surface area contributed by atoms with E-state index in [0.717, 1.165) is 6.92 Å². The summed E-state index contributed by atoms with van der Waals surface area (Å²) in [5.41, 5.74) is -1.92. The number of ether oxygens (including phenoxy) is 3. The second kappa shape index (κ2) is 11.8. The van der Waals surface area contributed by atoms with Crippen molar-refractivity contribution in [2.24, 2.45) is 0 Å². The summed E-state index contributed by atoms with van der Waals surface area (Å²) in [5, 5.41) is 0. The van der Waals surface area contributed by atoms with E-state index in [2.05, 4.69) is 4.74 Å². The van der Waals surface area contributed by atoms with Crippen molar-refractivity contribution in [3.05, 3.63) is 51.2 Å². The number of carbonyl (C=O) groups excluding carboxylic acids is 3. The van der Waals surface area contributed by atoms with Gasteiger partial charge in [-0.15, -0.1) is 0 Å². The van der Waals surface area contributed by atoms with Crippen LogP contribution in [0.25, 0.3) is 0 Å². The summed E-state index contributed by atoms with van der Waals surface area (Å²) in [6, 6.07) is 1.53. The molecule has 0 aromatic heterocycles. The Morgan fingerprint density at radius 3 is 1.74 bits per heavy atom. The first-order valence-corrected chi connectivity index (χ1v) is 13.3. The molecule has 2 rings (SSSR count). The van der Waals surface area contributed by atoms with Gasteiger partial charge in [0.15, 0.2) is 29.0 Å². The van der Waals surface area contributed by atoms with Crippen LogP contribution in [0.15, 0.2) is 11.0 Å². The normalized spacial score (nSPS) is 11.2. The summed E-state index contributed by atoms with van der Waals surface area (Å²) in [4.78, 5) is 33.2. The molecule has 2 aromatic carbocycles. The molecular weight excluding hydrogens is 849 g/mol. The van der Waals surface area contributed by atoms with Crippen LogP contribution >= 0.6 is 67.8 Å². The number of rotatable bonds is 7. The van der Waals surface area contributed by atoms with Crippen LogP contribution in [0.1, 0.15) is 27.6 Å². The molecular formula is C18H8F4I3O9S-. The summed E-state index contributed by atoms with van der Waals surface area (Å²) in [6.45, 7) is -0.345. The topological polar surface area (TPSA) is 136 Å². The van der Waals surface area contributed by atoms with Gasteiger partial charge in [0.25, 0.3) is 0 Å². The van der Waals surface area contributed by atoms with Crippen molar-refractivity contribution in [1.82, 2.24) is 0 Å². The smallest absolute Gasteiger partial charge is 0.344 e. The molecule has 190 valence electrons. The van der Waals surface area contributed by atoms with Crippen LogP contribution in [-0.4, -0.2) is 44.1 Å². The molecule has 0 fully saturated rings. The fourth-order valence-corrected chi connectivity index (χ4v) is 7.07. The van der Waals surface area contributed by atoms with Crippen LogP contribution < -0.4 is 4.74 Å². The predicted octanol–water partition coefficient (Wildman–Crippen LogP) is 3.90. The Morgan fingerprint density at radius 1 is 0.857 bits per heavy atom. The summed E-state index contributed by atoms with van der Waals surface area (Å²) >= 11 is 5.46. The molecule has 0 radical (unpaired) electrons. The molecule has 0 aliphatic carbocycles. The summed E-state index contributed by atoms with van der Waals surface area (Å²) in [6.07, 6.45) is 0. The third-order valence-electron chi connectivity index (χ3n) is 3.80. The van der Waals surface area contributed by atoms with Gasteiger partial charge in [0.1, 0.15) is 33.8 Å². The molecule has 17 heteroatoms. The molecule has 0 heterocycles. The molecule has 0 spiro atoms. The molecule has 0 aliphatic heterocycles. The SMILES string of the molecule is CC(=O)Oc1c(I)cc(I)c(C(=O)OCCOC(=O)c2c(F)c(F)c(S(=O)(=O)[O-])c(F)c2F)c1I. The second-order valence-electron chi connectivity index (χ2n) is 6.14. The molecule has 0 N–H and O–H groups in total. The zero-order chi connectivity index (χ0) is 26.8. The highest BCUT2D eigenvalue weighted by atomic mass is 127. The predicted molar refractivity (Wildman–Crippen MR) is 131 cm³/mol. The Balaban J connectivity index is 2.16. The first kappa shape index (κ1) is 29.9. The minimum Gasteiger partial charge on any atom is -0.744 e. The second-order valence-corrected chi connectivity index (χ2v) is 10.9. The molecule has 0 amide bonds. The minimum absolute atomic E-state index is 0.00448. The molecule has 9 nitrogen and oxygen atoms in total. The van der Waals surface area contributed by atoms with Crippen molar-refractivity contribution >= 4 is 95.8 Å². The molecule has 0 bridgehead atoms. The molecule has 2 aromatic rings. The monoisotopic (exact) mass is 857 g/mol. The Labute approximate surface area is 235 Å². The molecule has 0 unspecified atom stereocenters. The summed E-state index contributed by atoms with van der Waals surface area (Å²) in [5.74, 6) is -13.5. The Morgan fingerprint density at radius 2 is 1.31 bits per heavy atom. The zero-order valence-electron chi connectivity index (χ0n) is 16.7. The van der Waals surface area contributed by atoms with Crippen molar-refractivity contribution in [3.63, 3.8) is 0 Å². The Kier molecular flexibility index (Phi) is 10.1. The molecule has 0 aliphatic rings. The van der Waals surface area contributed by atoms with Gasteiger partial charge in [-0.2, -0.15) is 0 Å². The molecule has 0 atom stereocenters. The first-order valence-electron chi connectivity index (χ1n) is 8.61. The average Bonchev–Trinajstić information content (AvgIpc) is 2.71. The van der Waals surface area contributed by atoms with Gasteiger partial charge in [-0.1, -0.05) is 0 Å². The van der Waals surface area contributed by atoms with Crippen molar-refractivity contribution in [2.75, 3.05) is 13.2 Å². The lowest BCUT2D eigenvalue weighted by atomic mass is 10.2. The first-order chi connectivity index (χ1) is 16.1. The van der Waals surface area contributed by atoms with Crippen molar-refractivity contribution < 1.29 is 59.1 Å². The average molecular weight is 857 g/mol. The fourth-order valence-electron chi connectivity index (χ4n) is 2.42. The van der Waals surface area contributed by atoms with Crippen molar-refractivity contribution in [3.8, 4) is 5.75 Å². The highest BCUT2D eigenvalue weighted by Crippen LogP contribution is 2.34. The number of hydrogen-bond acceptors (Lipinski definition) is 9. The fraction of sp³-hybridized carbons (Fsp3) is 0.167. The van der Waals surface area contributed by atoms with Gasteiger partial charge < -0.3 is 18.8 Å². The number of halogens is 7. The Bertz CT molecular complexity index is 1320. The van der Waals surface area contributed by atoms with E-state index in [1.165, 1.54) is 6.07 Å². The third kappa shape index (κ3) is 6.71. The van der Waals surface area contributed by atoms with E-state index in [1.807, 2.05) is 45.2 Å². The van der Waals surface area contributed by atoms with Crippen LogP contribution in [0, 0.1) is 34.0 Å². The van der Waals surface area contributed by atoms with E-state index in [0.29, 0.717) is 7.14 Å². The maximum atomic E-state index is 14.0. The van der Waals surface area contributed by atoms with Crippen LogP contribution in [0.2, 0.25) is 0 Å². The standard InChI is InChI=1S/C18H9F4I3O9S/c1-5(26)34-15-7(24)4-6(23)8(14(15)25)17(27)32-2-3-33-18(28)9-10(19)12(21)16(35(29,30)31)13(22)11(9)20/h4H,2-3H2,1H3,(H,29,30,31)/p-1. The van der Waals surface area contributed by atoms with Crippen molar-refractivity contribution in [2.45, 2.75) is 11.8 Å². The van der Waals surface area contributed by atoms with Crippen LogP contribution in [0.4, 0.5) is 17.6 Å². The van der Waals surface area contributed by atoms with E-state index in [1.54, 1.807) is 22.6 Å². The summed E-state index contributed by atoms with van der Waals surface area (Å²) < 4.78 is 104. The lowest BCUT2D eigenvalue weighted by Gasteiger charge is -2.14. The van der Waals surface area contributed by atoms with Gasteiger partial charge in [-0.25, -0.2) is 35.6 Å². The number of carbonyl (C=O) groups is 3. The van der Waals surface area contributed by atoms with E-state index >= 15 is 0 Å². The molecule has 35 heavy (non-hydrogen) atoms. The minimum atomic E-state index is -5.95. The number of esters is 3. The van der Waals surface area contributed by atoms with Crippen LogP contribution in [-0.2, 0) is 24.4 Å². The highest BCUT2D eigenvalue weighted by molar-refractivity contribution is 14.1. The quantitative estimate of drug-likeness (QED) is 0.0774. The maximum absolute atomic E-state index is 14.0. The van der Waals surface area contributed by atoms with E-state index in [-0.39, 0.29) is 14.9 Å². The van der Waals surface area contributed by atoms with Crippen molar-refractivity contribution in [1.29, 1.82) is 0 Å². The number of benzene rings is 2. The third-order valence-corrected chi connectivity index (χ3v) is 7.34. The van der Waals surface area contributed by atoms with Crippen LogP contribution in [0.3, 0.4) is 0 Å². The maximum Gasteiger partial charge on any atom is 0.344 e. The van der Waals surface area contributed by atoms with Gasteiger partial charge >= 0.3 is 17.9 Å². The number of hydrogen-bond donors (Lipinski definition) is 0. The lowest BCUT2D eigenvalue weighted by molar-refractivity contribution is -0.132. The van der Waals surface area contributed by atoms with E-state index in [9.17, 15) is 44.9 Å². The van der Waals surface area contributed by atoms with E-state index in [4.69, 9.17) is 9.47 Å². The van der Waals surface area contributed by atoms with Gasteiger partial charge in [-0.05, 0) is 73.8 Å². The largest absolute Gasteiger partial charge is 0.744 e. The highest BCUT2D eigenvalue weighted by Gasteiger charge is 2.33. The molecule has 0 saturated carbocycles. The van der Waals surface area contributed by atoms with Gasteiger partial charge in [0.05, 0.1) is 12.7 Å². The van der Waals surface area contributed by atoms with Crippen LogP contribution in [0.5, 0.6) is 5.75 Å².